The maximum absolute atomic E-state index is 5.68. The fourth-order valence-electron chi connectivity index (χ4n) is 2.11. The molecule has 0 aliphatic heterocycles. The van der Waals surface area contributed by atoms with Crippen LogP contribution in [0.3, 0.4) is 0 Å². The summed E-state index contributed by atoms with van der Waals surface area (Å²) in [4.78, 5) is 4.41. The SMILES string of the molecule is CCn1ccnc1C1CCC1CN. The van der Waals surface area contributed by atoms with Gasteiger partial charge in [-0.05, 0) is 32.2 Å². The lowest BCUT2D eigenvalue weighted by molar-refractivity contribution is 0.247. The van der Waals surface area contributed by atoms with E-state index in [2.05, 4.69) is 22.7 Å². The number of rotatable bonds is 3. The highest BCUT2D eigenvalue weighted by atomic mass is 15.1. The minimum atomic E-state index is 0.625. The van der Waals surface area contributed by atoms with E-state index in [-0.39, 0.29) is 0 Å². The fourth-order valence-corrected chi connectivity index (χ4v) is 2.11. The molecule has 0 amide bonds. The Kier molecular flexibility index (Phi) is 2.36. The number of imidazole rings is 1. The van der Waals surface area contributed by atoms with Gasteiger partial charge in [0, 0.05) is 24.9 Å². The van der Waals surface area contributed by atoms with E-state index in [0.717, 1.165) is 13.1 Å². The molecule has 2 N–H and O–H groups in total. The maximum Gasteiger partial charge on any atom is 0.112 e. The van der Waals surface area contributed by atoms with Crippen LogP contribution >= 0.6 is 0 Å². The number of nitrogens with two attached hydrogens (primary N) is 1. The maximum atomic E-state index is 5.68. The monoisotopic (exact) mass is 179 g/mol. The molecule has 3 nitrogen and oxygen atoms in total. The first-order chi connectivity index (χ1) is 6.36. The number of nitrogens with zero attached hydrogens (tertiary/aromatic N) is 2. The van der Waals surface area contributed by atoms with Crippen LogP contribution < -0.4 is 5.73 Å². The molecule has 0 spiro atoms. The van der Waals surface area contributed by atoms with Crippen LogP contribution in [-0.2, 0) is 6.54 Å². The zero-order valence-electron chi connectivity index (χ0n) is 8.11. The van der Waals surface area contributed by atoms with Gasteiger partial charge in [0.25, 0.3) is 0 Å². The van der Waals surface area contributed by atoms with Gasteiger partial charge in [0.1, 0.15) is 5.82 Å². The standard InChI is InChI=1S/C10H17N3/c1-2-13-6-5-12-10(13)9-4-3-8(9)7-11/h5-6,8-9H,2-4,7,11H2,1H3. The van der Waals surface area contributed by atoms with Crippen molar-refractivity contribution in [2.45, 2.75) is 32.2 Å². The number of aryl methyl sites for hydroxylation is 1. The molecule has 2 atom stereocenters. The highest BCUT2D eigenvalue weighted by Crippen LogP contribution is 2.40. The predicted octanol–water partition coefficient (Wildman–Crippen LogP) is 1.36. The lowest BCUT2D eigenvalue weighted by Crippen LogP contribution is -2.32. The van der Waals surface area contributed by atoms with Gasteiger partial charge in [0.2, 0.25) is 0 Å². The second kappa shape index (κ2) is 3.50. The summed E-state index contributed by atoms with van der Waals surface area (Å²) in [6.45, 7) is 3.98. The molecule has 1 aliphatic carbocycles. The average Bonchev–Trinajstić information content (AvgIpc) is 2.51. The second-order valence-electron chi connectivity index (χ2n) is 3.75. The van der Waals surface area contributed by atoms with Gasteiger partial charge in [-0.3, -0.25) is 0 Å². The van der Waals surface area contributed by atoms with Crippen molar-refractivity contribution in [1.29, 1.82) is 0 Å². The van der Waals surface area contributed by atoms with Crippen molar-refractivity contribution in [3.8, 4) is 0 Å². The Balaban J connectivity index is 2.15. The summed E-state index contributed by atoms with van der Waals surface area (Å²) in [6.07, 6.45) is 6.49. The quantitative estimate of drug-likeness (QED) is 0.761. The van der Waals surface area contributed by atoms with Crippen LogP contribution in [-0.4, -0.2) is 16.1 Å². The Bertz CT molecular complexity index is 277. The second-order valence-corrected chi connectivity index (χ2v) is 3.75. The van der Waals surface area contributed by atoms with Gasteiger partial charge in [0.05, 0.1) is 0 Å². The predicted molar refractivity (Wildman–Crippen MR) is 52.4 cm³/mol. The van der Waals surface area contributed by atoms with Crippen LogP contribution in [0.15, 0.2) is 12.4 Å². The summed E-state index contributed by atoms with van der Waals surface area (Å²) in [5, 5.41) is 0. The van der Waals surface area contributed by atoms with Gasteiger partial charge in [-0.2, -0.15) is 0 Å². The van der Waals surface area contributed by atoms with E-state index in [4.69, 9.17) is 5.73 Å². The topological polar surface area (TPSA) is 43.8 Å². The molecule has 72 valence electrons. The molecule has 0 saturated heterocycles. The summed E-state index contributed by atoms with van der Waals surface area (Å²) >= 11 is 0. The molecular formula is C10H17N3. The van der Waals surface area contributed by atoms with Crippen molar-refractivity contribution < 1.29 is 0 Å². The van der Waals surface area contributed by atoms with Crippen LogP contribution in [0.1, 0.15) is 31.5 Å². The van der Waals surface area contributed by atoms with Gasteiger partial charge in [-0.1, -0.05) is 0 Å². The molecule has 1 aromatic rings. The third-order valence-corrected chi connectivity index (χ3v) is 3.14. The van der Waals surface area contributed by atoms with E-state index in [0.29, 0.717) is 11.8 Å². The third kappa shape index (κ3) is 1.37. The Morgan fingerprint density at radius 3 is 3.00 bits per heavy atom. The van der Waals surface area contributed by atoms with Gasteiger partial charge < -0.3 is 10.3 Å². The van der Waals surface area contributed by atoms with Gasteiger partial charge in [-0.15, -0.1) is 0 Å². The van der Waals surface area contributed by atoms with Crippen molar-refractivity contribution in [3.63, 3.8) is 0 Å². The van der Waals surface area contributed by atoms with Crippen LogP contribution in [0.25, 0.3) is 0 Å². The number of hydrogen-bond acceptors (Lipinski definition) is 2. The molecule has 3 heteroatoms. The first-order valence-electron chi connectivity index (χ1n) is 5.08. The average molecular weight is 179 g/mol. The molecule has 0 aromatic carbocycles. The van der Waals surface area contributed by atoms with Crippen LogP contribution in [0.4, 0.5) is 0 Å². The summed E-state index contributed by atoms with van der Waals surface area (Å²) in [5.74, 6) is 2.54. The normalized spacial score (nSPS) is 27.2. The van der Waals surface area contributed by atoms with E-state index in [1.165, 1.54) is 18.7 Å². The van der Waals surface area contributed by atoms with Crippen molar-refractivity contribution in [1.82, 2.24) is 9.55 Å². The largest absolute Gasteiger partial charge is 0.335 e. The summed E-state index contributed by atoms with van der Waals surface area (Å²) < 4.78 is 2.23. The number of aromatic nitrogens is 2. The molecule has 0 radical (unpaired) electrons. The summed E-state index contributed by atoms with van der Waals surface area (Å²) in [7, 11) is 0. The number of hydrogen-bond donors (Lipinski definition) is 1. The highest BCUT2D eigenvalue weighted by molar-refractivity contribution is 5.07. The van der Waals surface area contributed by atoms with E-state index >= 15 is 0 Å². The molecule has 13 heavy (non-hydrogen) atoms. The Morgan fingerprint density at radius 2 is 2.46 bits per heavy atom. The van der Waals surface area contributed by atoms with Crippen molar-refractivity contribution in [3.05, 3.63) is 18.2 Å². The Hall–Kier alpha value is -0.830. The minimum absolute atomic E-state index is 0.625. The first kappa shape index (κ1) is 8.75. The zero-order valence-corrected chi connectivity index (χ0v) is 8.11. The Morgan fingerprint density at radius 1 is 1.62 bits per heavy atom. The molecule has 1 fully saturated rings. The van der Waals surface area contributed by atoms with E-state index in [9.17, 15) is 0 Å². The molecule has 2 rings (SSSR count). The molecule has 1 saturated carbocycles. The smallest absolute Gasteiger partial charge is 0.112 e. The molecule has 1 aliphatic rings. The lowest BCUT2D eigenvalue weighted by Gasteiger charge is -2.35. The van der Waals surface area contributed by atoms with E-state index in [1.807, 2.05) is 6.20 Å². The molecule has 2 unspecified atom stereocenters. The summed E-state index contributed by atoms with van der Waals surface area (Å²) in [5.41, 5.74) is 5.68. The molecule has 0 bridgehead atoms. The van der Waals surface area contributed by atoms with Gasteiger partial charge in [-0.25, -0.2) is 4.98 Å². The first-order valence-corrected chi connectivity index (χ1v) is 5.08. The van der Waals surface area contributed by atoms with Crippen molar-refractivity contribution in [2.24, 2.45) is 11.7 Å². The van der Waals surface area contributed by atoms with Crippen LogP contribution in [0.5, 0.6) is 0 Å². The van der Waals surface area contributed by atoms with E-state index < -0.39 is 0 Å². The third-order valence-electron chi connectivity index (χ3n) is 3.14. The molecular weight excluding hydrogens is 162 g/mol. The van der Waals surface area contributed by atoms with Crippen LogP contribution in [0.2, 0.25) is 0 Å². The fraction of sp³-hybridized carbons (Fsp3) is 0.700. The Labute approximate surface area is 79.0 Å². The molecule has 1 heterocycles. The lowest BCUT2D eigenvalue weighted by atomic mass is 9.73. The van der Waals surface area contributed by atoms with Gasteiger partial charge in [0.15, 0.2) is 0 Å². The zero-order chi connectivity index (χ0) is 9.26. The highest BCUT2D eigenvalue weighted by Gasteiger charge is 2.33. The summed E-state index contributed by atoms with van der Waals surface area (Å²) in [6, 6.07) is 0. The van der Waals surface area contributed by atoms with Crippen LogP contribution in [0, 0.1) is 5.92 Å². The van der Waals surface area contributed by atoms with Crippen molar-refractivity contribution in [2.75, 3.05) is 6.54 Å². The van der Waals surface area contributed by atoms with Gasteiger partial charge >= 0.3 is 0 Å². The minimum Gasteiger partial charge on any atom is -0.335 e. The van der Waals surface area contributed by atoms with E-state index in [1.54, 1.807) is 0 Å². The van der Waals surface area contributed by atoms with Crippen molar-refractivity contribution >= 4 is 0 Å². The molecule has 1 aromatic heterocycles.